The second-order valence-electron chi connectivity index (χ2n) is 4.93. The van der Waals surface area contributed by atoms with Crippen LogP contribution in [0.2, 0.25) is 5.02 Å². The molecule has 0 aliphatic heterocycles. The summed E-state index contributed by atoms with van der Waals surface area (Å²) in [6, 6.07) is 8.37. The van der Waals surface area contributed by atoms with Crippen molar-refractivity contribution in [3.8, 4) is 0 Å². The second kappa shape index (κ2) is 7.18. The van der Waals surface area contributed by atoms with Crippen LogP contribution in [0.3, 0.4) is 0 Å². The van der Waals surface area contributed by atoms with E-state index in [1.54, 1.807) is 30.3 Å². The van der Waals surface area contributed by atoms with E-state index in [4.69, 9.17) is 20.5 Å². The van der Waals surface area contributed by atoms with Gasteiger partial charge < -0.3 is 19.6 Å². The molecule has 124 valence electrons. The SMILES string of the molecule is CCc1nc(CNc2ccc(Cl)cc2NC(=O)c2ccco2)no1. The minimum absolute atomic E-state index is 0.215. The minimum Gasteiger partial charge on any atom is -0.459 e. The van der Waals surface area contributed by atoms with Gasteiger partial charge in [-0.2, -0.15) is 4.98 Å². The maximum absolute atomic E-state index is 12.1. The van der Waals surface area contributed by atoms with Crippen LogP contribution in [0.5, 0.6) is 0 Å². The Morgan fingerprint density at radius 2 is 2.17 bits per heavy atom. The number of furan rings is 1. The van der Waals surface area contributed by atoms with Crippen LogP contribution in [-0.4, -0.2) is 16.0 Å². The molecular weight excluding hydrogens is 332 g/mol. The molecule has 0 aliphatic rings. The Bertz CT molecular complexity index is 830. The van der Waals surface area contributed by atoms with Crippen LogP contribution in [0.1, 0.15) is 29.2 Å². The van der Waals surface area contributed by atoms with Crippen LogP contribution in [-0.2, 0) is 13.0 Å². The number of aryl methyl sites for hydroxylation is 1. The molecule has 0 bridgehead atoms. The van der Waals surface area contributed by atoms with E-state index < -0.39 is 0 Å². The second-order valence-corrected chi connectivity index (χ2v) is 5.37. The van der Waals surface area contributed by atoms with Crippen LogP contribution in [0.15, 0.2) is 45.5 Å². The van der Waals surface area contributed by atoms with Gasteiger partial charge in [-0.25, -0.2) is 0 Å². The van der Waals surface area contributed by atoms with Gasteiger partial charge in [0.25, 0.3) is 5.91 Å². The smallest absolute Gasteiger partial charge is 0.291 e. The fourth-order valence-corrected chi connectivity index (χ4v) is 2.22. The summed E-state index contributed by atoms with van der Waals surface area (Å²) < 4.78 is 10.1. The fraction of sp³-hybridized carbons (Fsp3) is 0.188. The molecule has 8 heteroatoms. The average Bonchev–Trinajstić information content (AvgIpc) is 3.26. The first-order valence-corrected chi connectivity index (χ1v) is 7.73. The van der Waals surface area contributed by atoms with E-state index in [2.05, 4.69) is 20.8 Å². The van der Waals surface area contributed by atoms with E-state index in [0.717, 1.165) is 0 Å². The predicted molar refractivity (Wildman–Crippen MR) is 89.1 cm³/mol. The lowest BCUT2D eigenvalue weighted by atomic mass is 10.2. The number of rotatable bonds is 6. The molecule has 0 atom stereocenters. The number of anilines is 2. The molecule has 1 aromatic carbocycles. The molecule has 7 nitrogen and oxygen atoms in total. The van der Waals surface area contributed by atoms with Crippen molar-refractivity contribution in [2.45, 2.75) is 19.9 Å². The molecule has 2 N–H and O–H groups in total. The number of aromatic nitrogens is 2. The molecule has 3 aromatic rings. The van der Waals surface area contributed by atoms with Gasteiger partial charge in [-0.3, -0.25) is 4.79 Å². The molecular formula is C16H15ClN4O3. The van der Waals surface area contributed by atoms with Gasteiger partial charge in [0.15, 0.2) is 11.6 Å². The van der Waals surface area contributed by atoms with E-state index >= 15 is 0 Å². The van der Waals surface area contributed by atoms with Gasteiger partial charge in [0, 0.05) is 11.4 Å². The van der Waals surface area contributed by atoms with Gasteiger partial charge >= 0.3 is 0 Å². The highest BCUT2D eigenvalue weighted by atomic mass is 35.5. The van der Waals surface area contributed by atoms with Gasteiger partial charge in [0.2, 0.25) is 5.89 Å². The zero-order valence-corrected chi connectivity index (χ0v) is 13.6. The van der Waals surface area contributed by atoms with Crippen LogP contribution >= 0.6 is 11.6 Å². The minimum atomic E-state index is -0.363. The summed E-state index contributed by atoms with van der Waals surface area (Å²) in [5, 5.41) is 10.3. The van der Waals surface area contributed by atoms with E-state index in [9.17, 15) is 4.79 Å². The molecule has 0 saturated heterocycles. The van der Waals surface area contributed by atoms with Crippen molar-refractivity contribution in [1.82, 2.24) is 10.1 Å². The van der Waals surface area contributed by atoms with Crippen LogP contribution in [0.25, 0.3) is 0 Å². The highest BCUT2D eigenvalue weighted by Crippen LogP contribution is 2.26. The van der Waals surface area contributed by atoms with Crippen molar-refractivity contribution >= 4 is 28.9 Å². The maximum Gasteiger partial charge on any atom is 0.291 e. The number of carbonyl (C=O) groups excluding carboxylic acids is 1. The lowest BCUT2D eigenvalue weighted by Gasteiger charge is -2.12. The Morgan fingerprint density at radius 1 is 1.29 bits per heavy atom. The summed E-state index contributed by atoms with van der Waals surface area (Å²) >= 11 is 6.02. The molecule has 0 radical (unpaired) electrons. The first kappa shape index (κ1) is 16.1. The number of amides is 1. The number of benzene rings is 1. The number of hydrogen-bond acceptors (Lipinski definition) is 6. The van der Waals surface area contributed by atoms with Gasteiger partial charge in [0.05, 0.1) is 24.2 Å². The Morgan fingerprint density at radius 3 is 2.88 bits per heavy atom. The van der Waals surface area contributed by atoms with E-state index in [1.165, 1.54) is 6.26 Å². The molecule has 2 heterocycles. The summed E-state index contributed by atoms with van der Waals surface area (Å²) in [7, 11) is 0. The summed E-state index contributed by atoms with van der Waals surface area (Å²) in [6.07, 6.45) is 2.12. The van der Waals surface area contributed by atoms with Crippen molar-refractivity contribution in [3.63, 3.8) is 0 Å². The molecule has 0 unspecified atom stereocenters. The van der Waals surface area contributed by atoms with Crippen LogP contribution in [0.4, 0.5) is 11.4 Å². The van der Waals surface area contributed by atoms with E-state index in [0.29, 0.717) is 41.1 Å². The Hall–Kier alpha value is -2.80. The lowest BCUT2D eigenvalue weighted by molar-refractivity contribution is 0.0996. The standard InChI is InChI=1S/C16H15ClN4O3/c1-2-15-20-14(21-24-15)9-18-11-6-5-10(17)8-12(11)19-16(22)13-4-3-7-23-13/h3-8,18H,2,9H2,1H3,(H,19,22). The number of carbonyl (C=O) groups is 1. The van der Waals surface area contributed by atoms with Crippen molar-refractivity contribution in [3.05, 3.63) is 59.1 Å². The zero-order chi connectivity index (χ0) is 16.9. The quantitative estimate of drug-likeness (QED) is 0.706. The molecule has 0 fully saturated rings. The number of nitrogens with zero attached hydrogens (tertiary/aromatic N) is 2. The predicted octanol–water partition coefficient (Wildman–Crippen LogP) is 3.74. The van der Waals surface area contributed by atoms with Gasteiger partial charge in [-0.15, -0.1) is 0 Å². The number of halogens is 1. The molecule has 24 heavy (non-hydrogen) atoms. The van der Waals surface area contributed by atoms with E-state index in [-0.39, 0.29) is 11.7 Å². The summed E-state index contributed by atoms with van der Waals surface area (Å²) in [4.78, 5) is 16.4. The monoisotopic (exact) mass is 346 g/mol. The largest absolute Gasteiger partial charge is 0.459 e. The van der Waals surface area contributed by atoms with Gasteiger partial charge in [0.1, 0.15) is 0 Å². The summed E-state index contributed by atoms with van der Waals surface area (Å²) in [5.41, 5.74) is 1.21. The molecule has 0 aliphatic carbocycles. The molecule has 0 saturated carbocycles. The van der Waals surface area contributed by atoms with Crippen molar-refractivity contribution in [1.29, 1.82) is 0 Å². The lowest BCUT2D eigenvalue weighted by Crippen LogP contribution is -2.13. The Kier molecular flexibility index (Phi) is 4.81. The Balaban J connectivity index is 1.74. The van der Waals surface area contributed by atoms with Gasteiger partial charge in [-0.05, 0) is 30.3 Å². The van der Waals surface area contributed by atoms with Crippen LogP contribution in [0, 0.1) is 0 Å². The number of hydrogen-bond donors (Lipinski definition) is 2. The number of nitrogens with one attached hydrogen (secondary N) is 2. The van der Waals surface area contributed by atoms with Gasteiger partial charge in [-0.1, -0.05) is 23.7 Å². The molecule has 2 aromatic heterocycles. The molecule has 3 rings (SSSR count). The zero-order valence-electron chi connectivity index (χ0n) is 12.9. The fourth-order valence-electron chi connectivity index (χ4n) is 2.05. The summed E-state index contributed by atoms with van der Waals surface area (Å²) in [6.45, 7) is 2.29. The molecule has 0 spiro atoms. The van der Waals surface area contributed by atoms with Crippen molar-refractivity contribution in [2.75, 3.05) is 10.6 Å². The third kappa shape index (κ3) is 3.75. The summed E-state index contributed by atoms with van der Waals surface area (Å²) in [5.74, 6) is 0.962. The highest BCUT2D eigenvalue weighted by Gasteiger charge is 2.13. The normalized spacial score (nSPS) is 10.6. The first-order valence-electron chi connectivity index (χ1n) is 7.35. The molecule has 1 amide bonds. The third-order valence-corrected chi connectivity index (χ3v) is 3.46. The first-order chi connectivity index (χ1) is 11.7. The van der Waals surface area contributed by atoms with Crippen molar-refractivity contribution in [2.24, 2.45) is 0 Å². The van der Waals surface area contributed by atoms with E-state index in [1.807, 2.05) is 6.92 Å². The average molecular weight is 347 g/mol. The maximum atomic E-state index is 12.1. The van der Waals surface area contributed by atoms with Crippen molar-refractivity contribution < 1.29 is 13.7 Å². The Labute approximate surface area is 143 Å². The third-order valence-electron chi connectivity index (χ3n) is 3.22. The topological polar surface area (TPSA) is 93.2 Å². The van der Waals surface area contributed by atoms with Crippen LogP contribution < -0.4 is 10.6 Å². The highest BCUT2D eigenvalue weighted by molar-refractivity contribution is 6.31.